The Bertz CT molecular complexity index is 1700. The van der Waals surface area contributed by atoms with Gasteiger partial charge < -0.3 is 19.1 Å². The van der Waals surface area contributed by atoms with Gasteiger partial charge in [-0.1, -0.05) is 56.3 Å². The van der Waals surface area contributed by atoms with E-state index in [1.54, 1.807) is 63.8 Å². The minimum Gasteiger partial charge on any atom is -0.460 e. The van der Waals surface area contributed by atoms with E-state index in [4.69, 9.17) is 14.2 Å². The molecule has 0 unspecified atom stereocenters. The van der Waals surface area contributed by atoms with E-state index in [0.29, 0.717) is 24.9 Å². The Morgan fingerprint density at radius 2 is 1.77 bits per heavy atom. The number of nitrogens with zero attached hydrogens (tertiary/aromatic N) is 3. The van der Waals surface area contributed by atoms with E-state index in [9.17, 15) is 23.6 Å². The third-order valence-corrected chi connectivity index (χ3v) is 8.54. The molecule has 3 heterocycles. The molecule has 0 aliphatic carbocycles. The van der Waals surface area contributed by atoms with Crippen LogP contribution in [0.25, 0.3) is 0 Å². The van der Waals surface area contributed by atoms with Gasteiger partial charge in [-0.25, -0.2) is 8.78 Å². The monoisotopic (exact) mass is 651 g/mol. The molecule has 1 aromatic heterocycles. The molecule has 0 spiro atoms. The summed E-state index contributed by atoms with van der Waals surface area (Å²) in [5.41, 5.74) is -0.888. The van der Waals surface area contributed by atoms with Crippen molar-refractivity contribution in [3.63, 3.8) is 0 Å². The molecular weight excluding hydrogens is 612 g/mol. The van der Waals surface area contributed by atoms with Crippen LogP contribution in [0, 0.1) is 23.5 Å². The van der Waals surface area contributed by atoms with Gasteiger partial charge in [-0.15, -0.1) is 0 Å². The molecule has 0 N–H and O–H groups in total. The fraction of sp³-hybridized carbons (Fsp3) is 0.457. The van der Waals surface area contributed by atoms with Crippen molar-refractivity contribution in [3.05, 3.63) is 93.4 Å². The van der Waals surface area contributed by atoms with Crippen molar-refractivity contribution in [3.8, 4) is 5.75 Å². The summed E-state index contributed by atoms with van der Waals surface area (Å²) in [6.07, 6.45) is 2.01. The molecule has 5 rings (SSSR count). The Labute approximate surface area is 271 Å². The molecule has 2 aliphatic heterocycles. The number of ether oxygens (including phenoxy) is 3. The van der Waals surface area contributed by atoms with Crippen molar-refractivity contribution in [2.24, 2.45) is 11.8 Å². The van der Waals surface area contributed by atoms with Crippen LogP contribution in [0.5, 0.6) is 5.75 Å². The summed E-state index contributed by atoms with van der Waals surface area (Å²) in [7, 11) is 0. The maximum absolute atomic E-state index is 15.5. The first-order chi connectivity index (χ1) is 22.3. The lowest BCUT2D eigenvalue weighted by Gasteiger charge is -2.42. The quantitative estimate of drug-likeness (QED) is 0.212. The number of rotatable bonds is 10. The second kappa shape index (κ2) is 13.6. The van der Waals surface area contributed by atoms with Crippen LogP contribution in [0.1, 0.15) is 87.5 Å². The van der Waals surface area contributed by atoms with Crippen LogP contribution >= 0.6 is 0 Å². The highest BCUT2D eigenvalue weighted by atomic mass is 19.2. The Hall–Kier alpha value is -4.61. The summed E-state index contributed by atoms with van der Waals surface area (Å²) in [6, 6.07) is 11.8. The molecule has 47 heavy (non-hydrogen) atoms. The molecule has 0 saturated carbocycles. The van der Waals surface area contributed by atoms with E-state index in [2.05, 4.69) is 5.10 Å². The molecule has 12 heteroatoms. The van der Waals surface area contributed by atoms with Gasteiger partial charge in [-0.05, 0) is 51.2 Å². The van der Waals surface area contributed by atoms with E-state index < -0.39 is 71.2 Å². The lowest BCUT2D eigenvalue weighted by atomic mass is 9.79. The maximum Gasteiger partial charge on any atom is 0.312 e. The number of aromatic nitrogens is 2. The largest absolute Gasteiger partial charge is 0.460 e. The van der Waals surface area contributed by atoms with Crippen LogP contribution in [0.4, 0.5) is 8.78 Å². The fourth-order valence-corrected chi connectivity index (χ4v) is 6.46. The van der Waals surface area contributed by atoms with E-state index >= 15 is 4.39 Å². The zero-order chi connectivity index (χ0) is 34.0. The molecule has 3 aromatic rings. The standard InChI is InChI=1S/C35H39F2N3O7/c1-20(2)23(17-27(42)47-35(3,4)5)34(44)46-19-45-32-26(41)18-38-40-30(25-15-10-16-39(25)33(43)31(32)40)28(21-11-7-6-8-12-21)22-13-9-14-24(36)29(22)37/h6-9,11-14,18,20,23,25,28,30H,10,15-17,19H2,1-5H3/t23-,25+,28+,30+/m0/s1. The van der Waals surface area contributed by atoms with Gasteiger partial charge in [0.1, 0.15) is 5.60 Å². The number of amides is 1. The van der Waals surface area contributed by atoms with Crippen molar-refractivity contribution in [1.29, 1.82) is 0 Å². The predicted octanol–water partition coefficient (Wildman–Crippen LogP) is 5.40. The van der Waals surface area contributed by atoms with Crippen molar-refractivity contribution in [2.75, 3.05) is 13.3 Å². The van der Waals surface area contributed by atoms with Gasteiger partial charge in [0.15, 0.2) is 17.3 Å². The van der Waals surface area contributed by atoms with Crippen LogP contribution in [-0.2, 0) is 19.1 Å². The first kappa shape index (κ1) is 33.7. The molecule has 2 aliphatic rings. The van der Waals surface area contributed by atoms with Gasteiger partial charge in [-0.2, -0.15) is 5.10 Å². The van der Waals surface area contributed by atoms with Crippen LogP contribution in [0.15, 0.2) is 59.5 Å². The highest BCUT2D eigenvalue weighted by molar-refractivity contribution is 5.96. The smallest absolute Gasteiger partial charge is 0.312 e. The average molecular weight is 652 g/mol. The van der Waals surface area contributed by atoms with Crippen LogP contribution in [0.2, 0.25) is 0 Å². The van der Waals surface area contributed by atoms with E-state index in [-0.39, 0.29) is 29.3 Å². The normalized spacial score (nSPS) is 18.7. The predicted molar refractivity (Wildman–Crippen MR) is 167 cm³/mol. The molecule has 1 fully saturated rings. The second-order valence-electron chi connectivity index (χ2n) is 13.2. The molecule has 250 valence electrons. The summed E-state index contributed by atoms with van der Waals surface area (Å²) in [4.78, 5) is 54.2. The van der Waals surface area contributed by atoms with Gasteiger partial charge in [0, 0.05) is 18.0 Å². The summed E-state index contributed by atoms with van der Waals surface area (Å²) in [5, 5.41) is 4.35. The van der Waals surface area contributed by atoms with Gasteiger partial charge in [0.25, 0.3) is 5.91 Å². The summed E-state index contributed by atoms with van der Waals surface area (Å²) < 4.78 is 47.9. The number of carbonyl (C=O) groups excluding carboxylic acids is 3. The molecule has 1 saturated heterocycles. The third kappa shape index (κ3) is 7.06. The first-order valence-corrected chi connectivity index (χ1v) is 15.7. The van der Waals surface area contributed by atoms with Gasteiger partial charge in [0.2, 0.25) is 18.0 Å². The Kier molecular flexibility index (Phi) is 9.78. The second-order valence-corrected chi connectivity index (χ2v) is 13.2. The SMILES string of the molecule is CC(C)[C@H](CC(=O)OC(C)(C)C)C(=O)OCOc1c2n(ncc1=O)[C@@H]([C@H](c1ccccc1)c1cccc(F)c1F)[C@H]1CCCN1C2=O. The zero-order valence-corrected chi connectivity index (χ0v) is 27.1. The topological polar surface area (TPSA) is 117 Å². The molecule has 2 aromatic carbocycles. The number of halogens is 2. The summed E-state index contributed by atoms with van der Waals surface area (Å²) in [6.45, 7) is 8.36. The molecule has 4 atom stereocenters. The highest BCUT2D eigenvalue weighted by Gasteiger charge is 2.49. The van der Waals surface area contributed by atoms with Crippen molar-refractivity contribution in [1.82, 2.24) is 14.7 Å². The lowest BCUT2D eigenvalue weighted by Crippen LogP contribution is -2.51. The van der Waals surface area contributed by atoms with Crippen molar-refractivity contribution >= 4 is 17.8 Å². The number of benzene rings is 2. The fourth-order valence-electron chi connectivity index (χ4n) is 6.46. The first-order valence-electron chi connectivity index (χ1n) is 15.7. The number of hydrogen-bond donors (Lipinski definition) is 0. The minimum atomic E-state index is -1.01. The molecule has 0 radical (unpaired) electrons. The van der Waals surface area contributed by atoms with Crippen molar-refractivity contribution in [2.45, 2.75) is 77.5 Å². The summed E-state index contributed by atoms with van der Waals surface area (Å²) in [5.74, 6) is -6.13. The van der Waals surface area contributed by atoms with Gasteiger partial charge in [0.05, 0.1) is 30.6 Å². The Morgan fingerprint density at radius 3 is 2.45 bits per heavy atom. The maximum atomic E-state index is 15.5. The van der Waals surface area contributed by atoms with E-state index in [0.717, 1.165) is 12.3 Å². The number of esters is 2. The molecule has 1 amide bonds. The number of hydrogen-bond acceptors (Lipinski definition) is 8. The lowest BCUT2D eigenvalue weighted by molar-refractivity contribution is -0.166. The summed E-state index contributed by atoms with van der Waals surface area (Å²) >= 11 is 0. The van der Waals surface area contributed by atoms with Crippen LogP contribution in [-0.4, -0.2) is 57.5 Å². The van der Waals surface area contributed by atoms with Crippen LogP contribution in [0.3, 0.4) is 0 Å². The van der Waals surface area contributed by atoms with Gasteiger partial charge >= 0.3 is 11.9 Å². The number of carbonyl (C=O) groups is 3. The zero-order valence-electron chi connectivity index (χ0n) is 27.1. The van der Waals surface area contributed by atoms with Crippen LogP contribution < -0.4 is 10.2 Å². The minimum absolute atomic E-state index is 0.0787. The van der Waals surface area contributed by atoms with Gasteiger partial charge in [-0.3, -0.25) is 23.9 Å². The number of fused-ring (bicyclic) bond motifs is 2. The van der Waals surface area contributed by atoms with Crippen molar-refractivity contribution < 1.29 is 37.4 Å². The molecule has 0 bridgehead atoms. The van der Waals surface area contributed by atoms with E-state index in [1.807, 2.05) is 6.07 Å². The Morgan fingerprint density at radius 1 is 1.04 bits per heavy atom. The molecular formula is C35H39F2N3O7. The highest BCUT2D eigenvalue weighted by Crippen LogP contribution is 2.46. The average Bonchev–Trinajstić information content (AvgIpc) is 3.50. The van der Waals surface area contributed by atoms with E-state index in [1.165, 1.54) is 16.8 Å². The molecule has 10 nitrogen and oxygen atoms in total. The third-order valence-electron chi connectivity index (χ3n) is 8.54. The Balaban J connectivity index is 1.50.